The Morgan fingerprint density at radius 2 is 2.00 bits per heavy atom. The first kappa shape index (κ1) is 12.5. The zero-order valence-corrected chi connectivity index (χ0v) is 11.5. The summed E-state index contributed by atoms with van der Waals surface area (Å²) in [6.45, 7) is 0.426. The molecule has 0 aliphatic rings. The molecule has 3 aromatic rings. The number of fused-ring (bicyclic) bond motifs is 1. The SMILES string of the molecule is NCc1ccc(-c2ccnc3[nH]cc(Cl)c23)cc1Cl. The molecule has 0 unspecified atom stereocenters. The number of benzene rings is 1. The van der Waals surface area contributed by atoms with Gasteiger partial charge in [-0.2, -0.15) is 0 Å². The zero-order valence-electron chi connectivity index (χ0n) is 9.95. The van der Waals surface area contributed by atoms with Crippen LogP contribution < -0.4 is 5.73 Å². The van der Waals surface area contributed by atoms with Crippen molar-refractivity contribution in [2.45, 2.75) is 6.54 Å². The van der Waals surface area contributed by atoms with Crippen LogP contribution in [0.25, 0.3) is 22.2 Å². The summed E-state index contributed by atoms with van der Waals surface area (Å²) in [5.41, 5.74) is 9.31. The van der Waals surface area contributed by atoms with Gasteiger partial charge in [0, 0.05) is 29.3 Å². The molecule has 0 aliphatic heterocycles. The summed E-state index contributed by atoms with van der Waals surface area (Å²) < 4.78 is 0. The van der Waals surface area contributed by atoms with Crippen LogP contribution in [0.4, 0.5) is 0 Å². The molecule has 3 N–H and O–H groups in total. The normalized spacial score (nSPS) is 11.1. The second-order valence-electron chi connectivity index (χ2n) is 4.23. The van der Waals surface area contributed by atoms with Gasteiger partial charge in [-0.3, -0.25) is 0 Å². The van der Waals surface area contributed by atoms with Gasteiger partial charge in [0.1, 0.15) is 5.65 Å². The number of H-pyrrole nitrogens is 1. The Kier molecular flexibility index (Phi) is 3.19. The van der Waals surface area contributed by atoms with Crippen LogP contribution in [-0.2, 0) is 6.54 Å². The van der Waals surface area contributed by atoms with Gasteiger partial charge < -0.3 is 10.7 Å². The van der Waals surface area contributed by atoms with Crippen LogP contribution in [0.3, 0.4) is 0 Å². The Morgan fingerprint density at radius 3 is 2.74 bits per heavy atom. The molecular weight excluding hydrogens is 281 g/mol. The average molecular weight is 292 g/mol. The molecule has 0 saturated carbocycles. The Balaban J connectivity index is 2.24. The van der Waals surface area contributed by atoms with Crippen molar-refractivity contribution >= 4 is 34.2 Å². The summed E-state index contributed by atoms with van der Waals surface area (Å²) in [6, 6.07) is 7.76. The lowest BCUT2D eigenvalue weighted by atomic mass is 10.0. The van der Waals surface area contributed by atoms with E-state index in [0.29, 0.717) is 16.6 Å². The molecule has 3 nitrogen and oxygen atoms in total. The Hall–Kier alpha value is -1.55. The first-order chi connectivity index (χ1) is 9.20. The van der Waals surface area contributed by atoms with Crippen molar-refractivity contribution in [3.63, 3.8) is 0 Å². The average Bonchev–Trinajstić information content (AvgIpc) is 2.81. The van der Waals surface area contributed by atoms with Gasteiger partial charge in [-0.15, -0.1) is 0 Å². The number of hydrogen-bond donors (Lipinski definition) is 2. The van der Waals surface area contributed by atoms with Crippen LogP contribution in [0.2, 0.25) is 10.0 Å². The summed E-state index contributed by atoms with van der Waals surface area (Å²) in [7, 11) is 0. The van der Waals surface area contributed by atoms with Crippen molar-refractivity contribution in [2.24, 2.45) is 5.73 Å². The van der Waals surface area contributed by atoms with Crippen molar-refractivity contribution in [2.75, 3.05) is 0 Å². The van der Waals surface area contributed by atoms with E-state index in [9.17, 15) is 0 Å². The molecule has 96 valence electrons. The van der Waals surface area contributed by atoms with Gasteiger partial charge in [0.05, 0.1) is 5.02 Å². The second kappa shape index (κ2) is 4.85. The van der Waals surface area contributed by atoms with Crippen LogP contribution in [-0.4, -0.2) is 9.97 Å². The molecule has 0 fully saturated rings. The van der Waals surface area contributed by atoms with E-state index in [1.807, 2.05) is 24.3 Å². The minimum Gasteiger partial charge on any atom is -0.345 e. The molecule has 0 aliphatic carbocycles. The summed E-state index contributed by atoms with van der Waals surface area (Å²) in [5.74, 6) is 0. The minimum absolute atomic E-state index is 0.426. The van der Waals surface area contributed by atoms with E-state index < -0.39 is 0 Å². The highest BCUT2D eigenvalue weighted by molar-refractivity contribution is 6.36. The van der Waals surface area contributed by atoms with Crippen molar-refractivity contribution < 1.29 is 0 Å². The van der Waals surface area contributed by atoms with Gasteiger partial charge in [-0.05, 0) is 28.8 Å². The van der Waals surface area contributed by atoms with Gasteiger partial charge in [0.15, 0.2) is 0 Å². The van der Waals surface area contributed by atoms with E-state index in [2.05, 4.69) is 9.97 Å². The monoisotopic (exact) mass is 291 g/mol. The third-order valence-corrected chi connectivity index (χ3v) is 3.76. The van der Waals surface area contributed by atoms with Gasteiger partial charge >= 0.3 is 0 Å². The molecule has 5 heteroatoms. The lowest BCUT2D eigenvalue weighted by molar-refractivity contribution is 1.07. The van der Waals surface area contributed by atoms with Crippen LogP contribution in [0.15, 0.2) is 36.7 Å². The number of aromatic amines is 1. The van der Waals surface area contributed by atoms with Crippen LogP contribution in [0, 0.1) is 0 Å². The molecule has 19 heavy (non-hydrogen) atoms. The molecule has 1 aromatic carbocycles. The lowest BCUT2D eigenvalue weighted by Gasteiger charge is -2.07. The van der Waals surface area contributed by atoms with Crippen LogP contribution in [0.5, 0.6) is 0 Å². The molecule has 3 rings (SSSR count). The van der Waals surface area contributed by atoms with Gasteiger partial charge in [-0.25, -0.2) is 4.98 Å². The lowest BCUT2D eigenvalue weighted by Crippen LogP contribution is -1.97. The van der Waals surface area contributed by atoms with Crippen molar-refractivity contribution in [3.05, 3.63) is 52.3 Å². The summed E-state index contributed by atoms with van der Waals surface area (Å²) >= 11 is 12.4. The minimum atomic E-state index is 0.426. The fourth-order valence-electron chi connectivity index (χ4n) is 2.14. The highest BCUT2D eigenvalue weighted by atomic mass is 35.5. The fraction of sp³-hybridized carbons (Fsp3) is 0.0714. The van der Waals surface area contributed by atoms with Crippen molar-refractivity contribution in [1.29, 1.82) is 0 Å². The topological polar surface area (TPSA) is 54.7 Å². The Morgan fingerprint density at radius 1 is 1.16 bits per heavy atom. The zero-order chi connectivity index (χ0) is 13.4. The number of halogens is 2. The number of hydrogen-bond acceptors (Lipinski definition) is 2. The maximum Gasteiger partial charge on any atom is 0.139 e. The number of nitrogens with one attached hydrogen (secondary N) is 1. The van der Waals surface area contributed by atoms with E-state index in [1.165, 1.54) is 0 Å². The molecule has 2 aromatic heterocycles. The number of aromatic nitrogens is 2. The Bertz CT molecular complexity index is 750. The van der Waals surface area contributed by atoms with Gasteiger partial charge in [0.25, 0.3) is 0 Å². The van der Waals surface area contributed by atoms with Gasteiger partial charge in [-0.1, -0.05) is 35.3 Å². The molecule has 0 atom stereocenters. The first-order valence-corrected chi connectivity index (χ1v) is 6.56. The van der Waals surface area contributed by atoms with E-state index >= 15 is 0 Å². The molecule has 0 saturated heterocycles. The third kappa shape index (κ3) is 2.10. The third-order valence-electron chi connectivity index (χ3n) is 3.11. The van der Waals surface area contributed by atoms with Crippen molar-refractivity contribution in [1.82, 2.24) is 9.97 Å². The first-order valence-electron chi connectivity index (χ1n) is 5.81. The molecular formula is C14H11Cl2N3. The second-order valence-corrected chi connectivity index (χ2v) is 5.04. The van der Waals surface area contributed by atoms with Crippen LogP contribution in [0.1, 0.15) is 5.56 Å². The molecule has 0 bridgehead atoms. The van der Waals surface area contributed by atoms with E-state index in [0.717, 1.165) is 27.7 Å². The molecule has 0 radical (unpaired) electrons. The maximum atomic E-state index is 6.21. The predicted octanol–water partition coefficient (Wildman–Crippen LogP) is 4.00. The van der Waals surface area contributed by atoms with Crippen LogP contribution >= 0.6 is 23.2 Å². The molecule has 0 amide bonds. The number of pyridine rings is 1. The van der Waals surface area contributed by atoms with Crippen molar-refractivity contribution in [3.8, 4) is 11.1 Å². The number of nitrogens with zero attached hydrogens (tertiary/aromatic N) is 1. The summed E-state index contributed by atoms with van der Waals surface area (Å²) in [5, 5.41) is 2.22. The van der Waals surface area contributed by atoms with E-state index in [-0.39, 0.29) is 0 Å². The number of rotatable bonds is 2. The predicted molar refractivity (Wildman–Crippen MR) is 79.4 cm³/mol. The Labute approximate surface area is 120 Å². The highest BCUT2D eigenvalue weighted by Gasteiger charge is 2.11. The largest absolute Gasteiger partial charge is 0.345 e. The fourth-order valence-corrected chi connectivity index (χ4v) is 2.64. The maximum absolute atomic E-state index is 6.21. The standard InChI is InChI=1S/C14H11Cl2N3/c15-11-5-8(1-2-9(11)6-17)10-3-4-18-14-13(10)12(16)7-19-14/h1-5,7H,6,17H2,(H,18,19). The number of nitrogens with two attached hydrogens (primary N) is 1. The van der Waals surface area contributed by atoms with Gasteiger partial charge in [0.2, 0.25) is 0 Å². The highest BCUT2D eigenvalue weighted by Crippen LogP contribution is 2.34. The van der Waals surface area contributed by atoms with E-state index in [1.54, 1.807) is 12.4 Å². The quantitative estimate of drug-likeness (QED) is 0.750. The molecule has 0 spiro atoms. The van der Waals surface area contributed by atoms with E-state index in [4.69, 9.17) is 28.9 Å². The summed E-state index contributed by atoms with van der Waals surface area (Å²) in [4.78, 5) is 7.29. The molecule has 2 heterocycles. The smallest absolute Gasteiger partial charge is 0.139 e. The summed E-state index contributed by atoms with van der Waals surface area (Å²) in [6.07, 6.45) is 3.48.